The summed E-state index contributed by atoms with van der Waals surface area (Å²) in [5.74, 6) is 1.51. The number of hydrogen-bond donors (Lipinski definition) is 2. The highest BCUT2D eigenvalue weighted by Crippen LogP contribution is 2.30. The third-order valence-electron chi connectivity index (χ3n) is 3.94. The zero-order valence-corrected chi connectivity index (χ0v) is 14.8. The highest BCUT2D eigenvalue weighted by atomic mass is 35.5. The third kappa shape index (κ3) is 4.00. The lowest BCUT2D eigenvalue weighted by molar-refractivity contribution is 0.464. The number of rotatable bonds is 5. The molecular formula is C19H19ClN4O. The third-order valence-corrected chi connectivity index (χ3v) is 4.31. The first kappa shape index (κ1) is 17.0. The van der Waals surface area contributed by atoms with Crippen LogP contribution >= 0.6 is 11.6 Å². The lowest BCUT2D eigenvalue weighted by Gasteiger charge is -2.13. The molecule has 0 amide bonds. The summed E-state index contributed by atoms with van der Waals surface area (Å²) in [7, 11) is 0. The van der Waals surface area contributed by atoms with E-state index in [9.17, 15) is 0 Å². The Balaban J connectivity index is 1.77. The van der Waals surface area contributed by atoms with Gasteiger partial charge in [0, 0.05) is 11.6 Å². The molecule has 0 saturated heterocycles. The summed E-state index contributed by atoms with van der Waals surface area (Å²) >= 11 is 6.17. The number of nitrogen functional groups attached to an aromatic ring is 1. The fourth-order valence-electron chi connectivity index (χ4n) is 2.31. The molecular weight excluding hydrogens is 336 g/mol. The van der Waals surface area contributed by atoms with Crippen molar-refractivity contribution in [2.45, 2.75) is 20.4 Å². The predicted octanol–water partition coefficient (Wildman–Crippen LogP) is 4.73. The molecule has 0 fully saturated rings. The largest absolute Gasteiger partial charge is 0.437 e. The molecule has 25 heavy (non-hydrogen) atoms. The Morgan fingerprint density at radius 3 is 2.64 bits per heavy atom. The van der Waals surface area contributed by atoms with E-state index in [1.165, 1.54) is 11.9 Å². The van der Waals surface area contributed by atoms with E-state index >= 15 is 0 Å². The van der Waals surface area contributed by atoms with E-state index < -0.39 is 0 Å². The first-order chi connectivity index (χ1) is 12.0. The first-order valence-electron chi connectivity index (χ1n) is 7.87. The maximum atomic E-state index is 6.17. The lowest BCUT2D eigenvalue weighted by Crippen LogP contribution is -2.07. The van der Waals surface area contributed by atoms with E-state index in [2.05, 4.69) is 22.2 Å². The zero-order chi connectivity index (χ0) is 17.8. The van der Waals surface area contributed by atoms with E-state index in [4.69, 9.17) is 22.1 Å². The van der Waals surface area contributed by atoms with Gasteiger partial charge in [0.05, 0.1) is 0 Å². The van der Waals surface area contributed by atoms with Crippen molar-refractivity contribution < 1.29 is 4.74 Å². The van der Waals surface area contributed by atoms with Gasteiger partial charge in [-0.3, -0.25) is 0 Å². The molecule has 1 heterocycles. The highest BCUT2D eigenvalue weighted by Gasteiger charge is 2.11. The summed E-state index contributed by atoms with van der Waals surface area (Å²) in [6.45, 7) is 4.58. The van der Waals surface area contributed by atoms with E-state index in [0.717, 1.165) is 11.1 Å². The molecule has 0 spiro atoms. The second-order valence-corrected chi connectivity index (χ2v) is 6.14. The lowest BCUT2D eigenvalue weighted by atomic mass is 10.1. The number of nitrogens with one attached hydrogen (secondary N) is 1. The van der Waals surface area contributed by atoms with Crippen LogP contribution in [0.25, 0.3) is 0 Å². The molecule has 0 aliphatic heterocycles. The number of aromatic nitrogens is 2. The second kappa shape index (κ2) is 7.40. The normalized spacial score (nSPS) is 10.5. The Bertz CT molecular complexity index is 898. The van der Waals surface area contributed by atoms with Gasteiger partial charge < -0.3 is 15.8 Å². The highest BCUT2D eigenvalue weighted by molar-refractivity contribution is 6.31. The molecule has 3 aromatic rings. The van der Waals surface area contributed by atoms with Gasteiger partial charge in [0.2, 0.25) is 5.88 Å². The average Bonchev–Trinajstić information content (AvgIpc) is 2.60. The number of anilines is 2. The van der Waals surface area contributed by atoms with Crippen LogP contribution in [0.3, 0.4) is 0 Å². The molecule has 3 N–H and O–H groups in total. The van der Waals surface area contributed by atoms with Crippen LogP contribution in [-0.4, -0.2) is 9.97 Å². The monoisotopic (exact) mass is 354 g/mol. The van der Waals surface area contributed by atoms with Gasteiger partial charge in [0.1, 0.15) is 17.8 Å². The van der Waals surface area contributed by atoms with Crippen LogP contribution in [0.5, 0.6) is 11.6 Å². The van der Waals surface area contributed by atoms with Crippen molar-refractivity contribution in [1.82, 2.24) is 9.97 Å². The maximum absolute atomic E-state index is 6.17. The minimum atomic E-state index is 0.319. The summed E-state index contributed by atoms with van der Waals surface area (Å²) in [6, 6.07) is 13.4. The van der Waals surface area contributed by atoms with Crippen LogP contribution < -0.4 is 15.8 Å². The smallest absolute Gasteiger partial charge is 0.248 e. The van der Waals surface area contributed by atoms with Crippen LogP contribution in [0.4, 0.5) is 11.5 Å². The molecule has 0 radical (unpaired) electrons. The molecule has 0 unspecified atom stereocenters. The standard InChI is InChI=1S/C19H19ClN4O/c1-12-7-8-15(9-13(12)2)25-19-17(21)18(23-11-24-19)22-10-14-5-3-4-6-16(14)20/h3-9,11H,10,21H2,1-2H3,(H,22,23,24). The number of halogens is 1. The van der Waals surface area contributed by atoms with Gasteiger partial charge in [-0.05, 0) is 48.7 Å². The van der Waals surface area contributed by atoms with Crippen LogP contribution in [0.1, 0.15) is 16.7 Å². The number of aryl methyl sites for hydroxylation is 2. The van der Waals surface area contributed by atoms with Crippen molar-refractivity contribution in [2.24, 2.45) is 0 Å². The molecule has 3 rings (SSSR count). The molecule has 1 aromatic heterocycles. The fourth-order valence-corrected chi connectivity index (χ4v) is 2.51. The zero-order valence-electron chi connectivity index (χ0n) is 14.1. The number of benzene rings is 2. The molecule has 5 nitrogen and oxygen atoms in total. The summed E-state index contributed by atoms with van der Waals surface area (Å²) < 4.78 is 5.82. The second-order valence-electron chi connectivity index (χ2n) is 5.73. The van der Waals surface area contributed by atoms with E-state index in [-0.39, 0.29) is 0 Å². The number of nitrogens with zero attached hydrogens (tertiary/aromatic N) is 2. The van der Waals surface area contributed by atoms with Crippen molar-refractivity contribution in [1.29, 1.82) is 0 Å². The van der Waals surface area contributed by atoms with Crippen LogP contribution in [0.15, 0.2) is 48.8 Å². The number of nitrogens with two attached hydrogens (primary N) is 1. The number of hydrogen-bond acceptors (Lipinski definition) is 5. The van der Waals surface area contributed by atoms with Crippen molar-refractivity contribution in [3.8, 4) is 11.6 Å². The molecule has 128 valence electrons. The van der Waals surface area contributed by atoms with E-state index in [1.54, 1.807) is 0 Å². The average molecular weight is 355 g/mol. The van der Waals surface area contributed by atoms with Crippen molar-refractivity contribution in [3.63, 3.8) is 0 Å². The van der Waals surface area contributed by atoms with Crippen molar-refractivity contribution in [3.05, 3.63) is 70.5 Å². The Morgan fingerprint density at radius 2 is 1.88 bits per heavy atom. The Kier molecular flexibility index (Phi) is 5.05. The molecule has 2 aromatic carbocycles. The fraction of sp³-hybridized carbons (Fsp3) is 0.158. The Labute approximate surface area is 151 Å². The molecule has 0 bridgehead atoms. The van der Waals surface area contributed by atoms with Crippen LogP contribution in [0.2, 0.25) is 5.02 Å². The predicted molar refractivity (Wildman–Crippen MR) is 101 cm³/mol. The molecule has 0 aliphatic rings. The maximum Gasteiger partial charge on any atom is 0.248 e. The summed E-state index contributed by atoms with van der Waals surface area (Å²) in [6.07, 6.45) is 1.42. The summed E-state index contributed by atoms with van der Waals surface area (Å²) in [5, 5.41) is 3.87. The van der Waals surface area contributed by atoms with Gasteiger partial charge in [-0.1, -0.05) is 35.9 Å². The Morgan fingerprint density at radius 1 is 1.08 bits per heavy atom. The van der Waals surface area contributed by atoms with Gasteiger partial charge in [-0.25, -0.2) is 4.98 Å². The van der Waals surface area contributed by atoms with Gasteiger partial charge in [-0.15, -0.1) is 0 Å². The van der Waals surface area contributed by atoms with Gasteiger partial charge >= 0.3 is 0 Å². The minimum Gasteiger partial charge on any atom is -0.437 e. The van der Waals surface area contributed by atoms with E-state index in [0.29, 0.717) is 34.7 Å². The number of ether oxygens (including phenoxy) is 1. The van der Waals surface area contributed by atoms with Gasteiger partial charge in [-0.2, -0.15) is 4.98 Å². The molecule has 0 atom stereocenters. The van der Waals surface area contributed by atoms with Gasteiger partial charge in [0.25, 0.3) is 0 Å². The van der Waals surface area contributed by atoms with Crippen molar-refractivity contribution in [2.75, 3.05) is 11.1 Å². The summed E-state index contributed by atoms with van der Waals surface area (Å²) in [5.41, 5.74) is 9.81. The SMILES string of the molecule is Cc1ccc(Oc2ncnc(NCc3ccccc3Cl)c2N)cc1C. The summed E-state index contributed by atoms with van der Waals surface area (Å²) in [4.78, 5) is 8.32. The topological polar surface area (TPSA) is 73.1 Å². The molecule has 6 heteroatoms. The van der Waals surface area contributed by atoms with E-state index in [1.807, 2.05) is 49.4 Å². The first-order valence-corrected chi connectivity index (χ1v) is 8.25. The van der Waals surface area contributed by atoms with Crippen LogP contribution in [0, 0.1) is 13.8 Å². The Hall–Kier alpha value is -2.79. The quantitative estimate of drug-likeness (QED) is 0.692. The van der Waals surface area contributed by atoms with Crippen LogP contribution in [-0.2, 0) is 6.54 Å². The van der Waals surface area contributed by atoms with Gasteiger partial charge in [0.15, 0.2) is 5.82 Å². The molecule has 0 aliphatic carbocycles. The van der Waals surface area contributed by atoms with Crippen molar-refractivity contribution >= 4 is 23.1 Å². The molecule has 0 saturated carbocycles. The minimum absolute atomic E-state index is 0.319.